The Kier molecular flexibility index (Phi) is 7.00. The van der Waals surface area contributed by atoms with Gasteiger partial charge in [-0.15, -0.1) is 11.3 Å². The zero-order valence-corrected chi connectivity index (χ0v) is 17.6. The van der Waals surface area contributed by atoms with Crippen LogP contribution in [-0.2, 0) is 4.79 Å². The number of likely N-dealkylation sites (N-methyl/N-ethyl adjacent to an activating group) is 1. The summed E-state index contributed by atoms with van der Waals surface area (Å²) in [4.78, 5) is 43.6. The molecule has 1 aromatic carbocycles. The first-order valence-corrected chi connectivity index (χ1v) is 10.5. The highest BCUT2D eigenvalue weighted by Crippen LogP contribution is 2.20. The topological polar surface area (TPSA) is 73.0 Å². The standard InChI is InChI=1S/C21H26N4O3S/c1-23(2)19(26)15-24-10-6-11-25(13-12-24)21(28)16-7-3-4-8-17(16)22-20(27)18-9-5-14-29-18/h3-5,7-9,14H,6,10-13,15H2,1-2H3,(H,22,27). The van der Waals surface area contributed by atoms with Gasteiger partial charge >= 0.3 is 0 Å². The van der Waals surface area contributed by atoms with Crippen LogP contribution in [0, 0.1) is 0 Å². The lowest BCUT2D eigenvalue weighted by Gasteiger charge is -2.23. The molecule has 3 amide bonds. The zero-order chi connectivity index (χ0) is 20.8. The van der Waals surface area contributed by atoms with Gasteiger partial charge in [0.05, 0.1) is 22.7 Å². The minimum atomic E-state index is -0.218. The van der Waals surface area contributed by atoms with E-state index in [1.807, 2.05) is 11.4 Å². The van der Waals surface area contributed by atoms with E-state index >= 15 is 0 Å². The van der Waals surface area contributed by atoms with E-state index in [1.165, 1.54) is 11.3 Å². The molecule has 1 aliphatic heterocycles. The monoisotopic (exact) mass is 414 g/mol. The highest BCUT2D eigenvalue weighted by atomic mass is 32.1. The molecule has 1 aliphatic rings. The van der Waals surface area contributed by atoms with Crippen LogP contribution in [0.25, 0.3) is 0 Å². The van der Waals surface area contributed by atoms with Gasteiger partial charge < -0.3 is 15.1 Å². The first-order valence-electron chi connectivity index (χ1n) is 9.61. The number of thiophene rings is 1. The molecule has 29 heavy (non-hydrogen) atoms. The number of benzene rings is 1. The van der Waals surface area contributed by atoms with Crippen LogP contribution >= 0.6 is 11.3 Å². The molecule has 1 N–H and O–H groups in total. The highest BCUT2D eigenvalue weighted by molar-refractivity contribution is 7.12. The average Bonchev–Trinajstić information content (AvgIpc) is 3.15. The van der Waals surface area contributed by atoms with Gasteiger partial charge in [0.1, 0.15) is 0 Å². The minimum Gasteiger partial charge on any atom is -0.348 e. The largest absolute Gasteiger partial charge is 0.348 e. The second kappa shape index (κ2) is 9.67. The third-order valence-corrected chi connectivity index (χ3v) is 5.75. The quantitative estimate of drug-likeness (QED) is 0.814. The molecule has 0 bridgehead atoms. The summed E-state index contributed by atoms with van der Waals surface area (Å²) in [5.41, 5.74) is 0.995. The number of anilines is 1. The van der Waals surface area contributed by atoms with E-state index in [0.717, 1.165) is 13.0 Å². The fraction of sp³-hybridized carbons (Fsp3) is 0.381. The van der Waals surface area contributed by atoms with Crippen molar-refractivity contribution in [2.75, 3.05) is 52.1 Å². The Morgan fingerprint density at radius 1 is 1.03 bits per heavy atom. The van der Waals surface area contributed by atoms with Crippen LogP contribution in [0.5, 0.6) is 0 Å². The number of nitrogens with zero attached hydrogens (tertiary/aromatic N) is 3. The third-order valence-electron chi connectivity index (χ3n) is 4.88. The van der Waals surface area contributed by atoms with Gasteiger partial charge in [0.15, 0.2) is 0 Å². The highest BCUT2D eigenvalue weighted by Gasteiger charge is 2.24. The van der Waals surface area contributed by atoms with Gasteiger partial charge in [-0.25, -0.2) is 0 Å². The molecule has 0 radical (unpaired) electrons. The first-order chi connectivity index (χ1) is 14.0. The van der Waals surface area contributed by atoms with Gasteiger partial charge in [-0.3, -0.25) is 19.3 Å². The number of hydrogen-bond donors (Lipinski definition) is 1. The Morgan fingerprint density at radius 3 is 2.55 bits per heavy atom. The van der Waals surface area contributed by atoms with E-state index in [4.69, 9.17) is 0 Å². The molecule has 8 heteroatoms. The molecule has 1 saturated heterocycles. The number of hydrogen-bond acceptors (Lipinski definition) is 5. The van der Waals surface area contributed by atoms with Crippen molar-refractivity contribution in [2.45, 2.75) is 6.42 Å². The van der Waals surface area contributed by atoms with Crippen molar-refractivity contribution in [2.24, 2.45) is 0 Å². The van der Waals surface area contributed by atoms with Gasteiger partial charge in [-0.05, 0) is 30.0 Å². The van der Waals surface area contributed by atoms with Crippen molar-refractivity contribution >= 4 is 34.7 Å². The summed E-state index contributed by atoms with van der Waals surface area (Å²) in [6.07, 6.45) is 0.802. The zero-order valence-electron chi connectivity index (χ0n) is 16.8. The van der Waals surface area contributed by atoms with Crippen LogP contribution < -0.4 is 5.32 Å². The Labute approximate surface area is 174 Å². The molecule has 2 aromatic rings. The molecule has 0 saturated carbocycles. The molecular formula is C21H26N4O3S. The Balaban J connectivity index is 1.67. The number of amides is 3. The fourth-order valence-electron chi connectivity index (χ4n) is 3.21. The molecular weight excluding hydrogens is 388 g/mol. The van der Waals surface area contributed by atoms with E-state index < -0.39 is 0 Å². The van der Waals surface area contributed by atoms with E-state index in [0.29, 0.717) is 42.3 Å². The number of carbonyl (C=O) groups is 3. The van der Waals surface area contributed by atoms with Crippen LogP contribution in [0.2, 0.25) is 0 Å². The second-order valence-corrected chi connectivity index (χ2v) is 8.13. The summed E-state index contributed by atoms with van der Waals surface area (Å²) in [5, 5.41) is 4.70. The van der Waals surface area contributed by atoms with Gasteiger partial charge in [0.25, 0.3) is 11.8 Å². The van der Waals surface area contributed by atoms with Crippen molar-refractivity contribution in [3.05, 3.63) is 52.2 Å². The van der Waals surface area contributed by atoms with Crippen LogP contribution in [0.3, 0.4) is 0 Å². The third kappa shape index (κ3) is 5.42. The maximum absolute atomic E-state index is 13.2. The Hall–Kier alpha value is -2.71. The Morgan fingerprint density at radius 2 is 1.83 bits per heavy atom. The summed E-state index contributed by atoms with van der Waals surface area (Å²) < 4.78 is 0. The predicted molar refractivity (Wildman–Crippen MR) is 114 cm³/mol. The summed E-state index contributed by atoms with van der Waals surface area (Å²) in [5.74, 6) is -0.260. The number of rotatable bonds is 5. The minimum absolute atomic E-state index is 0.0615. The summed E-state index contributed by atoms with van der Waals surface area (Å²) in [6.45, 7) is 2.96. The van der Waals surface area contributed by atoms with E-state index in [2.05, 4.69) is 10.2 Å². The maximum Gasteiger partial charge on any atom is 0.265 e. The molecule has 1 aromatic heterocycles. The number of para-hydroxylation sites is 1. The van der Waals surface area contributed by atoms with E-state index in [-0.39, 0.29) is 17.7 Å². The number of carbonyl (C=O) groups excluding carboxylic acids is 3. The number of nitrogens with one attached hydrogen (secondary N) is 1. The van der Waals surface area contributed by atoms with Crippen molar-refractivity contribution < 1.29 is 14.4 Å². The first kappa shape index (κ1) is 21.0. The summed E-state index contributed by atoms with van der Waals surface area (Å²) >= 11 is 1.36. The van der Waals surface area contributed by atoms with Crippen LogP contribution in [-0.4, -0.2) is 79.2 Å². The maximum atomic E-state index is 13.2. The molecule has 2 heterocycles. The molecule has 1 fully saturated rings. The van der Waals surface area contributed by atoms with Crippen LogP contribution in [0.1, 0.15) is 26.5 Å². The SMILES string of the molecule is CN(C)C(=O)CN1CCCN(C(=O)c2ccccc2NC(=O)c2cccs2)CC1. The molecule has 0 atom stereocenters. The van der Waals surface area contributed by atoms with Gasteiger partial charge in [-0.2, -0.15) is 0 Å². The van der Waals surface area contributed by atoms with Gasteiger partial charge in [0.2, 0.25) is 5.91 Å². The molecule has 0 unspecified atom stereocenters. The molecule has 7 nitrogen and oxygen atoms in total. The lowest BCUT2D eigenvalue weighted by Crippen LogP contribution is -2.39. The fourth-order valence-corrected chi connectivity index (χ4v) is 3.82. The van der Waals surface area contributed by atoms with Crippen molar-refractivity contribution in [1.82, 2.24) is 14.7 Å². The van der Waals surface area contributed by atoms with E-state index in [9.17, 15) is 14.4 Å². The van der Waals surface area contributed by atoms with Gasteiger partial charge in [0, 0.05) is 40.3 Å². The van der Waals surface area contributed by atoms with Crippen molar-refractivity contribution in [3.63, 3.8) is 0 Å². The predicted octanol–water partition coefficient (Wildman–Crippen LogP) is 2.24. The van der Waals surface area contributed by atoms with Crippen molar-refractivity contribution in [3.8, 4) is 0 Å². The lowest BCUT2D eigenvalue weighted by atomic mass is 10.1. The van der Waals surface area contributed by atoms with Crippen LogP contribution in [0.4, 0.5) is 5.69 Å². The summed E-state index contributed by atoms with van der Waals surface area (Å²) in [6, 6.07) is 10.7. The van der Waals surface area contributed by atoms with Gasteiger partial charge in [-0.1, -0.05) is 18.2 Å². The molecule has 154 valence electrons. The molecule has 0 spiro atoms. The molecule has 0 aliphatic carbocycles. The smallest absolute Gasteiger partial charge is 0.265 e. The average molecular weight is 415 g/mol. The second-order valence-electron chi connectivity index (χ2n) is 7.19. The Bertz CT molecular complexity index is 867. The summed E-state index contributed by atoms with van der Waals surface area (Å²) in [7, 11) is 3.49. The van der Waals surface area contributed by atoms with E-state index in [1.54, 1.807) is 54.2 Å². The molecule has 3 rings (SSSR count). The van der Waals surface area contributed by atoms with Crippen LogP contribution in [0.15, 0.2) is 41.8 Å². The normalized spacial score (nSPS) is 14.9. The van der Waals surface area contributed by atoms with Crippen molar-refractivity contribution in [1.29, 1.82) is 0 Å². The lowest BCUT2D eigenvalue weighted by molar-refractivity contribution is -0.129.